The van der Waals surface area contributed by atoms with Crippen LogP contribution in [0.2, 0.25) is 0 Å². The van der Waals surface area contributed by atoms with Crippen LogP contribution in [0, 0.1) is 5.41 Å². The number of aliphatic imine (C=N–C) groups is 1. The summed E-state index contributed by atoms with van der Waals surface area (Å²) in [5.74, 6) is 0.467. The van der Waals surface area contributed by atoms with Gasteiger partial charge in [0, 0.05) is 6.42 Å². The van der Waals surface area contributed by atoms with E-state index in [2.05, 4.69) is 10.3 Å². The van der Waals surface area contributed by atoms with Crippen LogP contribution in [0.3, 0.4) is 0 Å². The highest BCUT2D eigenvalue weighted by atomic mass is 19.4. The lowest BCUT2D eigenvalue weighted by molar-refractivity contribution is -0.0925. The summed E-state index contributed by atoms with van der Waals surface area (Å²) < 4.78 is 41.5. The third-order valence-electron chi connectivity index (χ3n) is 2.16. The minimum absolute atomic E-state index is 0.136. The molecule has 1 aliphatic heterocycles. The van der Waals surface area contributed by atoms with E-state index in [0.717, 1.165) is 0 Å². The van der Waals surface area contributed by atoms with E-state index in [0.29, 0.717) is 12.0 Å². The Morgan fingerprint density at radius 1 is 1.61 bits per heavy atom. The van der Waals surface area contributed by atoms with Gasteiger partial charge in [-0.1, -0.05) is 0 Å². The zero-order valence-corrected chi connectivity index (χ0v) is 9.64. The van der Waals surface area contributed by atoms with E-state index >= 15 is 0 Å². The lowest BCUT2D eigenvalue weighted by Crippen LogP contribution is -2.22. The maximum Gasteiger partial charge on any atom is 0.430 e. The average molecular weight is 262 g/mol. The molecule has 1 rings (SSSR count). The van der Waals surface area contributed by atoms with Crippen molar-refractivity contribution in [2.24, 2.45) is 10.7 Å². The Hall–Kier alpha value is -1.99. The number of nitrogens with two attached hydrogens (primary N) is 1. The van der Waals surface area contributed by atoms with Crippen LogP contribution in [0.5, 0.6) is 0 Å². The molecule has 0 aromatic carbocycles. The van der Waals surface area contributed by atoms with Crippen LogP contribution in [0.15, 0.2) is 28.7 Å². The van der Waals surface area contributed by atoms with Crippen molar-refractivity contribution >= 4 is 11.4 Å². The molecule has 18 heavy (non-hydrogen) atoms. The van der Waals surface area contributed by atoms with Crippen molar-refractivity contribution in [3.05, 3.63) is 23.7 Å². The molecule has 0 radical (unpaired) electrons. The van der Waals surface area contributed by atoms with Gasteiger partial charge in [-0.05, 0) is 12.2 Å². The second-order valence-electron chi connectivity index (χ2n) is 3.43. The van der Waals surface area contributed by atoms with Crippen molar-refractivity contribution in [1.82, 2.24) is 5.32 Å². The van der Waals surface area contributed by atoms with Crippen LogP contribution >= 0.6 is 0 Å². The number of halogens is 3. The third-order valence-corrected chi connectivity index (χ3v) is 2.16. The Kier molecular flexibility index (Phi) is 4.35. The van der Waals surface area contributed by atoms with Gasteiger partial charge >= 0.3 is 6.18 Å². The number of nitrogens with zero attached hydrogens (tertiary/aromatic N) is 1. The Morgan fingerprint density at radius 3 is 2.83 bits per heavy atom. The monoisotopic (exact) mass is 262 g/mol. The van der Waals surface area contributed by atoms with E-state index in [1.807, 2.05) is 0 Å². The molecule has 0 aromatic heterocycles. The molecule has 0 atom stereocenters. The molecule has 100 valence electrons. The van der Waals surface area contributed by atoms with E-state index in [9.17, 15) is 13.2 Å². The highest BCUT2D eigenvalue weighted by molar-refractivity contribution is 6.45. The molecule has 0 unspecified atom stereocenters. The molecule has 0 aliphatic carbocycles. The van der Waals surface area contributed by atoms with Crippen LogP contribution in [-0.2, 0) is 4.74 Å². The van der Waals surface area contributed by atoms with Crippen LogP contribution in [0.4, 0.5) is 13.2 Å². The lowest BCUT2D eigenvalue weighted by Gasteiger charge is -2.07. The fourth-order valence-corrected chi connectivity index (χ4v) is 1.21. The minimum atomic E-state index is -4.64. The maximum atomic E-state index is 12.2. The quantitative estimate of drug-likeness (QED) is 0.670. The van der Waals surface area contributed by atoms with Gasteiger partial charge in [-0.2, -0.15) is 13.2 Å². The highest BCUT2D eigenvalue weighted by Gasteiger charge is 2.31. The summed E-state index contributed by atoms with van der Waals surface area (Å²) in [4.78, 5) is 3.94. The van der Waals surface area contributed by atoms with Crippen LogP contribution in [0.25, 0.3) is 0 Å². The predicted octanol–water partition coefficient (Wildman–Crippen LogP) is 1.29. The van der Waals surface area contributed by atoms with Crippen molar-refractivity contribution in [2.45, 2.75) is 12.6 Å². The van der Waals surface area contributed by atoms with Crippen molar-refractivity contribution in [1.29, 1.82) is 5.41 Å². The average Bonchev–Trinajstić information content (AvgIpc) is 2.52. The zero-order chi connectivity index (χ0) is 13.8. The molecule has 1 heterocycles. The third kappa shape index (κ3) is 3.79. The van der Waals surface area contributed by atoms with E-state index in [1.165, 1.54) is 7.11 Å². The Bertz CT molecular complexity index is 423. The standard InChI is InChI=1S/C10H13F3N4O/c1-18-9-3-2-7(16-5-17-9)6(14)4-8(15)10(11,12)13/h3-4,14,17H,2,5,15H2,1H3. The van der Waals surface area contributed by atoms with Gasteiger partial charge in [-0.3, -0.25) is 10.4 Å². The number of ether oxygens (including phenoxy) is 1. The molecule has 8 heteroatoms. The summed E-state index contributed by atoms with van der Waals surface area (Å²) in [6.07, 6.45) is -2.28. The van der Waals surface area contributed by atoms with Crippen molar-refractivity contribution in [2.75, 3.05) is 13.8 Å². The fourth-order valence-electron chi connectivity index (χ4n) is 1.21. The molecule has 0 aromatic rings. The summed E-state index contributed by atoms with van der Waals surface area (Å²) >= 11 is 0. The van der Waals surface area contributed by atoms with Crippen molar-refractivity contribution in [3.8, 4) is 0 Å². The number of hydrogen-bond donors (Lipinski definition) is 3. The van der Waals surface area contributed by atoms with Gasteiger partial charge in [0.05, 0.1) is 18.5 Å². The Balaban J connectivity index is 2.80. The number of nitrogens with one attached hydrogen (secondary N) is 2. The van der Waals surface area contributed by atoms with Crippen LogP contribution in [0.1, 0.15) is 6.42 Å². The molecule has 4 N–H and O–H groups in total. The van der Waals surface area contributed by atoms with Gasteiger partial charge in [-0.25, -0.2) is 0 Å². The lowest BCUT2D eigenvalue weighted by atomic mass is 10.1. The largest absolute Gasteiger partial charge is 0.483 e. The Labute approximate surface area is 102 Å². The topological polar surface area (TPSA) is 83.5 Å². The fraction of sp³-hybridized carbons (Fsp3) is 0.400. The summed E-state index contributed by atoms with van der Waals surface area (Å²) in [6.45, 7) is 0.136. The number of rotatable bonds is 3. The van der Waals surface area contributed by atoms with Gasteiger partial charge in [0.15, 0.2) is 5.88 Å². The first-order valence-electron chi connectivity index (χ1n) is 4.99. The van der Waals surface area contributed by atoms with Gasteiger partial charge in [0.2, 0.25) is 0 Å². The summed E-state index contributed by atoms with van der Waals surface area (Å²) in [7, 11) is 1.46. The number of methoxy groups -OCH3 is 1. The molecule has 0 bridgehead atoms. The number of hydrogen-bond acceptors (Lipinski definition) is 5. The highest BCUT2D eigenvalue weighted by Crippen LogP contribution is 2.21. The molecule has 0 spiro atoms. The SMILES string of the molecule is COC1=CCC(C(=N)C=C(N)C(F)(F)F)=NCN1. The van der Waals surface area contributed by atoms with Gasteiger partial charge in [0.25, 0.3) is 0 Å². The summed E-state index contributed by atoms with van der Waals surface area (Å²) in [6, 6.07) is 0. The maximum absolute atomic E-state index is 12.2. The molecule has 0 saturated heterocycles. The van der Waals surface area contributed by atoms with Gasteiger partial charge < -0.3 is 15.8 Å². The molecule has 1 aliphatic rings. The number of alkyl halides is 3. The van der Waals surface area contributed by atoms with Crippen molar-refractivity contribution in [3.63, 3.8) is 0 Å². The van der Waals surface area contributed by atoms with E-state index < -0.39 is 11.9 Å². The molecular formula is C10H13F3N4O. The van der Waals surface area contributed by atoms with Crippen molar-refractivity contribution < 1.29 is 17.9 Å². The minimum Gasteiger partial charge on any atom is -0.483 e. The molecule has 5 nitrogen and oxygen atoms in total. The van der Waals surface area contributed by atoms with Gasteiger partial charge in [0.1, 0.15) is 12.4 Å². The van der Waals surface area contributed by atoms with Crippen LogP contribution in [-0.4, -0.2) is 31.4 Å². The normalized spacial score (nSPS) is 17.2. The van der Waals surface area contributed by atoms with E-state index in [4.69, 9.17) is 15.9 Å². The predicted molar refractivity (Wildman–Crippen MR) is 61.2 cm³/mol. The molecule has 0 amide bonds. The summed E-state index contributed by atoms with van der Waals surface area (Å²) in [5.41, 5.74) is 3.37. The second kappa shape index (κ2) is 5.56. The second-order valence-corrected chi connectivity index (χ2v) is 3.43. The van der Waals surface area contributed by atoms with E-state index in [1.54, 1.807) is 6.08 Å². The van der Waals surface area contributed by atoms with Crippen LogP contribution < -0.4 is 11.1 Å². The summed E-state index contributed by atoms with van der Waals surface area (Å²) in [5, 5.41) is 10.3. The first-order chi connectivity index (χ1) is 8.34. The first kappa shape index (κ1) is 14.1. The first-order valence-corrected chi connectivity index (χ1v) is 4.99. The molecule has 0 fully saturated rings. The van der Waals surface area contributed by atoms with Gasteiger partial charge in [-0.15, -0.1) is 0 Å². The van der Waals surface area contributed by atoms with E-state index in [-0.39, 0.29) is 24.5 Å². The number of allylic oxidation sites excluding steroid dienone is 3. The zero-order valence-electron chi connectivity index (χ0n) is 9.64. The smallest absolute Gasteiger partial charge is 0.430 e. The molecular weight excluding hydrogens is 249 g/mol. The Morgan fingerprint density at radius 2 is 2.28 bits per heavy atom. The molecule has 0 saturated carbocycles.